The zero-order chi connectivity index (χ0) is 8.44. The Labute approximate surface area is 75.3 Å². The molecule has 0 atom stereocenters. The van der Waals surface area contributed by atoms with Crippen LogP contribution in [0.1, 0.15) is 12.8 Å². The van der Waals surface area contributed by atoms with Crippen LogP contribution in [0, 0.1) is 0 Å². The second-order valence-corrected chi connectivity index (χ2v) is 8.83. The van der Waals surface area contributed by atoms with Gasteiger partial charge < -0.3 is 0 Å². The number of rotatable bonds is 1. The monoisotopic (exact) mass is 180 g/mol. The molecule has 0 N–H and O–H groups in total. The molecule has 12 heavy (non-hydrogen) atoms. The molecule has 1 fully saturated rings. The van der Waals surface area contributed by atoms with Crippen LogP contribution in [0.2, 0.25) is 0 Å². The first kappa shape index (κ1) is 8.26. The summed E-state index contributed by atoms with van der Waals surface area (Å²) >= 11 is 0. The van der Waals surface area contributed by atoms with Gasteiger partial charge in [0.1, 0.15) is 0 Å². The zero-order valence-electron chi connectivity index (χ0n) is 7.72. The Morgan fingerprint density at radius 1 is 1.00 bits per heavy atom. The van der Waals surface area contributed by atoms with Crippen LogP contribution in [0.25, 0.3) is 0 Å². The van der Waals surface area contributed by atoms with Crippen molar-refractivity contribution in [2.45, 2.75) is 12.8 Å². The first-order valence-corrected chi connectivity index (χ1v) is 7.78. The van der Waals surface area contributed by atoms with Crippen LogP contribution in [-0.4, -0.2) is 19.0 Å². The summed E-state index contributed by atoms with van der Waals surface area (Å²) in [5.74, 6) is 0. The van der Waals surface area contributed by atoms with Crippen molar-refractivity contribution >= 4 is 12.6 Å². The molecule has 0 radical (unpaired) electrons. The van der Waals surface area contributed by atoms with E-state index in [-0.39, 0.29) is 0 Å². The van der Waals surface area contributed by atoms with Crippen molar-refractivity contribution in [1.82, 2.24) is 0 Å². The standard InChI is InChI=1S/C11H17P/c1-12(9-5-6-10-12)11-7-3-2-4-8-11/h2-4,7-8,12H,5-6,9-10H2,1H3. The van der Waals surface area contributed by atoms with Gasteiger partial charge in [-0.25, -0.2) is 0 Å². The predicted molar refractivity (Wildman–Crippen MR) is 59.3 cm³/mol. The van der Waals surface area contributed by atoms with Gasteiger partial charge >= 0.3 is 74.7 Å². The topological polar surface area (TPSA) is 0 Å². The van der Waals surface area contributed by atoms with Crippen LogP contribution < -0.4 is 5.30 Å². The van der Waals surface area contributed by atoms with Gasteiger partial charge in [0.2, 0.25) is 0 Å². The summed E-state index contributed by atoms with van der Waals surface area (Å²) in [6.45, 7) is 2.54. The van der Waals surface area contributed by atoms with Crippen LogP contribution in [0.5, 0.6) is 0 Å². The van der Waals surface area contributed by atoms with Gasteiger partial charge in [-0.15, -0.1) is 0 Å². The molecule has 1 aliphatic heterocycles. The number of hydrogen-bond donors (Lipinski definition) is 0. The van der Waals surface area contributed by atoms with Gasteiger partial charge in [0.15, 0.2) is 0 Å². The van der Waals surface area contributed by atoms with Crippen LogP contribution >= 0.6 is 7.26 Å². The Balaban J connectivity index is 2.29. The summed E-state index contributed by atoms with van der Waals surface area (Å²) in [6, 6.07) is 11.2. The van der Waals surface area contributed by atoms with Gasteiger partial charge in [-0.3, -0.25) is 0 Å². The van der Waals surface area contributed by atoms with E-state index in [1.54, 1.807) is 5.30 Å². The van der Waals surface area contributed by atoms with E-state index in [1.807, 2.05) is 0 Å². The van der Waals surface area contributed by atoms with Gasteiger partial charge in [-0.2, -0.15) is 0 Å². The molecule has 0 amide bonds. The molecule has 0 aliphatic carbocycles. The van der Waals surface area contributed by atoms with Crippen molar-refractivity contribution in [3.8, 4) is 0 Å². The third-order valence-electron chi connectivity index (χ3n) is 3.18. The van der Waals surface area contributed by atoms with Gasteiger partial charge in [-0.05, 0) is 0 Å². The minimum absolute atomic E-state index is 0.962. The van der Waals surface area contributed by atoms with Crippen molar-refractivity contribution in [3.05, 3.63) is 30.3 Å². The van der Waals surface area contributed by atoms with Crippen LogP contribution in [0.3, 0.4) is 0 Å². The van der Waals surface area contributed by atoms with Crippen LogP contribution in [-0.2, 0) is 0 Å². The molecule has 0 saturated carbocycles. The second-order valence-electron chi connectivity index (χ2n) is 4.13. The molecule has 2 rings (SSSR count). The van der Waals surface area contributed by atoms with Gasteiger partial charge in [0.05, 0.1) is 0 Å². The Hall–Kier alpha value is -0.350. The Morgan fingerprint density at radius 3 is 2.17 bits per heavy atom. The molecule has 0 nitrogen and oxygen atoms in total. The first-order chi connectivity index (χ1) is 5.81. The quantitative estimate of drug-likeness (QED) is 0.582. The minimum atomic E-state index is -0.962. The van der Waals surface area contributed by atoms with Crippen LogP contribution in [0.15, 0.2) is 30.3 Å². The fourth-order valence-electron chi connectivity index (χ4n) is 2.28. The first-order valence-electron chi connectivity index (χ1n) is 4.87. The molecule has 66 valence electrons. The number of hydrogen-bond acceptors (Lipinski definition) is 0. The van der Waals surface area contributed by atoms with Crippen molar-refractivity contribution in [3.63, 3.8) is 0 Å². The van der Waals surface area contributed by atoms with E-state index >= 15 is 0 Å². The van der Waals surface area contributed by atoms with E-state index in [0.717, 1.165) is 0 Å². The van der Waals surface area contributed by atoms with Crippen molar-refractivity contribution in [1.29, 1.82) is 0 Å². The Morgan fingerprint density at radius 2 is 1.58 bits per heavy atom. The average Bonchev–Trinajstić information content (AvgIpc) is 2.55. The molecule has 1 heteroatoms. The molecule has 1 aromatic carbocycles. The molecule has 1 saturated heterocycles. The fraction of sp³-hybridized carbons (Fsp3) is 0.455. The third kappa shape index (κ3) is 1.41. The van der Waals surface area contributed by atoms with E-state index in [2.05, 4.69) is 37.0 Å². The predicted octanol–water partition coefficient (Wildman–Crippen LogP) is 2.49. The summed E-state index contributed by atoms with van der Waals surface area (Å²) < 4.78 is 0. The summed E-state index contributed by atoms with van der Waals surface area (Å²) in [6.07, 6.45) is 5.96. The van der Waals surface area contributed by atoms with Crippen molar-refractivity contribution in [2.24, 2.45) is 0 Å². The Bertz CT molecular complexity index is 247. The summed E-state index contributed by atoms with van der Waals surface area (Å²) in [5, 5.41) is 1.67. The number of benzene rings is 1. The molecule has 0 spiro atoms. The van der Waals surface area contributed by atoms with Gasteiger partial charge in [0.25, 0.3) is 0 Å². The normalized spacial score (nSPS) is 23.8. The SMILES string of the molecule is C[PH]1(c2ccccc2)CCCC1. The Kier molecular flexibility index (Phi) is 2.19. The molecule has 1 aromatic rings. The molecular weight excluding hydrogens is 163 g/mol. The van der Waals surface area contributed by atoms with E-state index in [0.29, 0.717) is 0 Å². The van der Waals surface area contributed by atoms with E-state index in [9.17, 15) is 0 Å². The van der Waals surface area contributed by atoms with Gasteiger partial charge in [-0.1, -0.05) is 0 Å². The zero-order valence-corrected chi connectivity index (χ0v) is 8.72. The maximum absolute atomic E-state index is 2.54. The second kappa shape index (κ2) is 3.18. The maximum atomic E-state index is 2.54. The molecule has 0 bridgehead atoms. The molecule has 1 heterocycles. The van der Waals surface area contributed by atoms with Crippen LogP contribution in [0.4, 0.5) is 0 Å². The molecule has 1 aliphatic rings. The fourth-order valence-corrected chi connectivity index (χ4v) is 6.17. The van der Waals surface area contributed by atoms with E-state index < -0.39 is 7.26 Å². The van der Waals surface area contributed by atoms with E-state index in [4.69, 9.17) is 0 Å². The summed E-state index contributed by atoms with van der Waals surface area (Å²) in [7, 11) is -0.962. The molecular formula is C11H17P. The summed E-state index contributed by atoms with van der Waals surface area (Å²) in [5.41, 5.74) is 0. The van der Waals surface area contributed by atoms with Crippen molar-refractivity contribution < 1.29 is 0 Å². The molecule has 0 unspecified atom stereocenters. The third-order valence-corrected chi connectivity index (χ3v) is 7.82. The summed E-state index contributed by atoms with van der Waals surface area (Å²) in [4.78, 5) is 0. The van der Waals surface area contributed by atoms with E-state index in [1.165, 1.54) is 25.2 Å². The molecule has 0 aromatic heterocycles. The average molecular weight is 180 g/mol. The van der Waals surface area contributed by atoms with Crippen molar-refractivity contribution in [2.75, 3.05) is 19.0 Å². The van der Waals surface area contributed by atoms with Gasteiger partial charge in [0, 0.05) is 0 Å².